The molecule has 0 unspecified atom stereocenters. The molecule has 17 heavy (non-hydrogen) atoms. The van der Waals surface area contributed by atoms with E-state index in [-0.39, 0.29) is 0 Å². The summed E-state index contributed by atoms with van der Waals surface area (Å²) >= 11 is 0. The Hall–Kier alpha value is -1.61. The van der Waals surface area contributed by atoms with E-state index in [2.05, 4.69) is 24.1 Å². The minimum absolute atomic E-state index is 0.465. The summed E-state index contributed by atoms with van der Waals surface area (Å²) in [5.74, 6) is 1.86. The highest BCUT2D eigenvalue weighted by Crippen LogP contribution is 2.22. The van der Waals surface area contributed by atoms with Gasteiger partial charge in [-0.05, 0) is 31.2 Å². The van der Waals surface area contributed by atoms with Crippen LogP contribution in [0.25, 0.3) is 11.3 Å². The minimum Gasteiger partial charge on any atom is -0.460 e. The van der Waals surface area contributed by atoms with Crippen molar-refractivity contribution in [1.29, 1.82) is 0 Å². The first-order valence-electron chi connectivity index (χ1n) is 5.90. The Labute approximate surface area is 102 Å². The van der Waals surface area contributed by atoms with Gasteiger partial charge in [0.25, 0.3) is 0 Å². The number of furan rings is 1. The van der Waals surface area contributed by atoms with E-state index in [9.17, 15) is 0 Å². The number of nitrogens with zero attached hydrogens (tertiary/aromatic N) is 1. The molecule has 0 radical (unpaired) electrons. The van der Waals surface area contributed by atoms with Gasteiger partial charge in [-0.2, -0.15) is 0 Å². The monoisotopic (exact) mass is 230 g/mol. The van der Waals surface area contributed by atoms with Crippen molar-refractivity contribution >= 4 is 0 Å². The molecular weight excluding hydrogens is 212 g/mol. The predicted molar refractivity (Wildman–Crippen MR) is 68.7 cm³/mol. The summed E-state index contributed by atoms with van der Waals surface area (Å²) in [5.41, 5.74) is 2.08. The molecule has 90 valence electrons. The van der Waals surface area contributed by atoms with Crippen LogP contribution >= 0.6 is 0 Å². The van der Waals surface area contributed by atoms with Crippen LogP contribution in [0.15, 0.2) is 34.9 Å². The average Bonchev–Trinajstić information content (AvgIpc) is 2.75. The second-order valence-electron chi connectivity index (χ2n) is 4.49. The molecule has 0 aromatic carbocycles. The fraction of sp³-hybridized carbons (Fsp3) is 0.357. The molecule has 0 aliphatic heterocycles. The lowest BCUT2D eigenvalue weighted by Crippen LogP contribution is -2.21. The standard InChI is InChI=1S/C14H18N2O/c1-10(2)16-9-13-4-5-14(17-13)12-6-7-15-11(3)8-12/h4-8,10,16H,9H2,1-3H3. The fourth-order valence-corrected chi connectivity index (χ4v) is 1.63. The van der Waals surface area contributed by atoms with Gasteiger partial charge in [-0.15, -0.1) is 0 Å². The smallest absolute Gasteiger partial charge is 0.134 e. The lowest BCUT2D eigenvalue weighted by Gasteiger charge is -2.05. The van der Waals surface area contributed by atoms with Crippen molar-refractivity contribution < 1.29 is 4.42 Å². The van der Waals surface area contributed by atoms with Gasteiger partial charge in [0.1, 0.15) is 11.5 Å². The summed E-state index contributed by atoms with van der Waals surface area (Å²) in [4.78, 5) is 4.18. The van der Waals surface area contributed by atoms with Crippen LogP contribution in [0.3, 0.4) is 0 Å². The Morgan fingerprint density at radius 1 is 1.29 bits per heavy atom. The number of aromatic nitrogens is 1. The Kier molecular flexibility index (Phi) is 3.59. The molecule has 0 aliphatic carbocycles. The summed E-state index contributed by atoms with van der Waals surface area (Å²) in [5, 5.41) is 3.33. The third-order valence-corrected chi connectivity index (χ3v) is 2.53. The molecule has 2 rings (SSSR count). The van der Waals surface area contributed by atoms with Gasteiger partial charge in [0.2, 0.25) is 0 Å². The fourth-order valence-electron chi connectivity index (χ4n) is 1.63. The van der Waals surface area contributed by atoms with E-state index in [0.29, 0.717) is 6.04 Å². The molecule has 2 aromatic heterocycles. The Balaban J connectivity index is 2.12. The molecule has 3 nitrogen and oxygen atoms in total. The molecule has 0 spiro atoms. The van der Waals surface area contributed by atoms with Gasteiger partial charge < -0.3 is 9.73 Å². The van der Waals surface area contributed by atoms with E-state index in [1.807, 2.05) is 31.2 Å². The molecule has 0 atom stereocenters. The van der Waals surface area contributed by atoms with Crippen LogP contribution in [-0.2, 0) is 6.54 Å². The topological polar surface area (TPSA) is 38.1 Å². The van der Waals surface area contributed by atoms with Crippen molar-refractivity contribution in [3.05, 3.63) is 41.9 Å². The minimum atomic E-state index is 0.465. The molecule has 0 bridgehead atoms. The van der Waals surface area contributed by atoms with E-state index in [0.717, 1.165) is 29.3 Å². The molecule has 0 fully saturated rings. The molecule has 0 saturated carbocycles. The van der Waals surface area contributed by atoms with Crippen molar-refractivity contribution in [2.24, 2.45) is 0 Å². The van der Waals surface area contributed by atoms with Gasteiger partial charge in [0, 0.05) is 23.5 Å². The molecule has 3 heteroatoms. The Morgan fingerprint density at radius 2 is 2.12 bits per heavy atom. The van der Waals surface area contributed by atoms with Gasteiger partial charge >= 0.3 is 0 Å². The van der Waals surface area contributed by atoms with E-state index >= 15 is 0 Å². The highest BCUT2D eigenvalue weighted by Gasteiger charge is 2.05. The van der Waals surface area contributed by atoms with Gasteiger partial charge in [-0.3, -0.25) is 4.98 Å². The van der Waals surface area contributed by atoms with Crippen molar-refractivity contribution in [3.8, 4) is 11.3 Å². The van der Waals surface area contributed by atoms with Crippen LogP contribution in [0, 0.1) is 6.92 Å². The molecular formula is C14H18N2O. The maximum Gasteiger partial charge on any atom is 0.134 e. The second kappa shape index (κ2) is 5.15. The number of aryl methyl sites for hydroxylation is 1. The molecule has 2 aromatic rings. The summed E-state index contributed by atoms with van der Waals surface area (Å²) in [6.45, 7) is 6.99. The molecule has 0 amide bonds. The number of rotatable bonds is 4. The summed E-state index contributed by atoms with van der Waals surface area (Å²) in [6.07, 6.45) is 1.80. The first-order chi connectivity index (χ1) is 8.15. The summed E-state index contributed by atoms with van der Waals surface area (Å²) < 4.78 is 5.78. The van der Waals surface area contributed by atoms with Crippen molar-refractivity contribution in [1.82, 2.24) is 10.3 Å². The van der Waals surface area contributed by atoms with Crippen LogP contribution < -0.4 is 5.32 Å². The predicted octanol–water partition coefficient (Wildman–Crippen LogP) is 3.15. The highest BCUT2D eigenvalue weighted by molar-refractivity contribution is 5.57. The highest BCUT2D eigenvalue weighted by atomic mass is 16.3. The quantitative estimate of drug-likeness (QED) is 0.876. The molecule has 0 aliphatic rings. The third kappa shape index (κ3) is 3.17. The van der Waals surface area contributed by atoms with Crippen LogP contribution in [0.2, 0.25) is 0 Å². The van der Waals surface area contributed by atoms with Gasteiger partial charge in [-0.25, -0.2) is 0 Å². The van der Waals surface area contributed by atoms with Crippen LogP contribution in [0.5, 0.6) is 0 Å². The SMILES string of the molecule is Cc1cc(-c2ccc(CNC(C)C)o2)ccn1. The van der Waals surface area contributed by atoms with Crippen molar-refractivity contribution in [3.63, 3.8) is 0 Å². The van der Waals surface area contributed by atoms with E-state index < -0.39 is 0 Å². The third-order valence-electron chi connectivity index (χ3n) is 2.53. The van der Waals surface area contributed by atoms with Gasteiger partial charge in [0.05, 0.1) is 6.54 Å². The van der Waals surface area contributed by atoms with E-state index in [1.165, 1.54) is 0 Å². The first kappa shape index (κ1) is 11.9. The van der Waals surface area contributed by atoms with Crippen LogP contribution in [-0.4, -0.2) is 11.0 Å². The molecule has 1 N–H and O–H groups in total. The van der Waals surface area contributed by atoms with E-state index in [4.69, 9.17) is 4.42 Å². The first-order valence-corrected chi connectivity index (χ1v) is 5.90. The number of hydrogen-bond donors (Lipinski definition) is 1. The number of pyridine rings is 1. The second-order valence-corrected chi connectivity index (χ2v) is 4.49. The Morgan fingerprint density at radius 3 is 2.82 bits per heavy atom. The van der Waals surface area contributed by atoms with Gasteiger partial charge in [0.15, 0.2) is 0 Å². The largest absolute Gasteiger partial charge is 0.460 e. The lowest BCUT2D eigenvalue weighted by molar-refractivity contribution is 0.473. The molecule has 2 heterocycles. The van der Waals surface area contributed by atoms with Crippen LogP contribution in [0.4, 0.5) is 0 Å². The zero-order valence-electron chi connectivity index (χ0n) is 10.5. The van der Waals surface area contributed by atoms with Crippen molar-refractivity contribution in [2.45, 2.75) is 33.4 Å². The summed E-state index contributed by atoms with van der Waals surface area (Å²) in [7, 11) is 0. The lowest BCUT2D eigenvalue weighted by atomic mass is 10.2. The normalized spacial score (nSPS) is 11.1. The number of nitrogens with one attached hydrogen (secondary N) is 1. The van der Waals surface area contributed by atoms with Crippen molar-refractivity contribution in [2.75, 3.05) is 0 Å². The maximum atomic E-state index is 5.78. The zero-order valence-corrected chi connectivity index (χ0v) is 10.5. The van der Waals surface area contributed by atoms with Crippen LogP contribution in [0.1, 0.15) is 25.3 Å². The van der Waals surface area contributed by atoms with E-state index in [1.54, 1.807) is 6.20 Å². The maximum absolute atomic E-state index is 5.78. The Bertz CT molecular complexity index is 488. The summed E-state index contributed by atoms with van der Waals surface area (Å²) in [6, 6.07) is 8.48. The average molecular weight is 230 g/mol. The number of hydrogen-bond acceptors (Lipinski definition) is 3. The van der Waals surface area contributed by atoms with Gasteiger partial charge in [-0.1, -0.05) is 13.8 Å². The molecule has 0 saturated heterocycles. The zero-order chi connectivity index (χ0) is 12.3.